The van der Waals surface area contributed by atoms with E-state index in [0.717, 1.165) is 56.3 Å². The van der Waals surface area contributed by atoms with Gasteiger partial charge in [-0.1, -0.05) is 19.1 Å². The molecule has 1 aliphatic rings. The second kappa shape index (κ2) is 11.0. The summed E-state index contributed by atoms with van der Waals surface area (Å²) in [4.78, 5) is 6.68. The average Bonchev–Trinajstić information content (AvgIpc) is 2.54. The van der Waals surface area contributed by atoms with Crippen molar-refractivity contribution in [1.82, 2.24) is 4.90 Å². The first kappa shape index (κ1) is 19.4. The quantitative estimate of drug-likeness (QED) is 0.424. The number of nitrogens with zero attached hydrogens (tertiary/aromatic N) is 2. The zero-order valence-corrected chi connectivity index (χ0v) is 16.3. The van der Waals surface area contributed by atoms with Crippen LogP contribution in [0.2, 0.25) is 0 Å². The zero-order chi connectivity index (χ0) is 14.9. The lowest BCUT2D eigenvalue weighted by molar-refractivity contribution is 0.317. The number of ether oxygens (including phenoxy) is 1. The van der Waals surface area contributed by atoms with Crippen LogP contribution in [-0.2, 0) is 6.42 Å². The van der Waals surface area contributed by atoms with Crippen molar-refractivity contribution in [3.05, 3.63) is 29.8 Å². The maximum Gasteiger partial charge on any atom is 0.191 e. The van der Waals surface area contributed by atoms with Crippen molar-refractivity contribution in [3.8, 4) is 5.75 Å². The number of nitrogens with two attached hydrogens (primary N) is 1. The van der Waals surface area contributed by atoms with Gasteiger partial charge in [-0.3, -0.25) is 4.99 Å². The van der Waals surface area contributed by atoms with Crippen LogP contribution < -0.4 is 10.5 Å². The molecule has 0 aliphatic carbocycles. The number of aliphatic imine (C=N–C) groups is 1. The van der Waals surface area contributed by atoms with Crippen molar-refractivity contribution in [1.29, 1.82) is 0 Å². The van der Waals surface area contributed by atoms with Crippen molar-refractivity contribution in [3.63, 3.8) is 0 Å². The van der Waals surface area contributed by atoms with Crippen LogP contribution in [0.25, 0.3) is 0 Å². The number of hydrogen-bond acceptors (Lipinski definition) is 3. The fourth-order valence-corrected chi connectivity index (χ4v) is 3.11. The Kier molecular flexibility index (Phi) is 9.70. The minimum Gasteiger partial charge on any atom is -0.494 e. The minimum absolute atomic E-state index is 0. The molecule has 0 atom stereocenters. The second-order valence-corrected chi connectivity index (χ2v) is 6.31. The van der Waals surface area contributed by atoms with Crippen molar-refractivity contribution in [2.24, 2.45) is 10.7 Å². The van der Waals surface area contributed by atoms with E-state index in [1.165, 1.54) is 5.56 Å². The molecule has 0 spiro atoms. The lowest BCUT2D eigenvalue weighted by Crippen LogP contribution is -2.42. The molecule has 0 amide bonds. The molecule has 2 N–H and O–H groups in total. The smallest absolute Gasteiger partial charge is 0.191 e. The molecule has 1 fully saturated rings. The van der Waals surface area contributed by atoms with Crippen molar-refractivity contribution in [2.75, 3.05) is 37.7 Å². The predicted molar refractivity (Wildman–Crippen MR) is 107 cm³/mol. The van der Waals surface area contributed by atoms with Gasteiger partial charge in [0.15, 0.2) is 5.96 Å². The Labute approximate surface area is 154 Å². The zero-order valence-electron chi connectivity index (χ0n) is 13.2. The van der Waals surface area contributed by atoms with Gasteiger partial charge in [0.05, 0.1) is 6.61 Å². The van der Waals surface area contributed by atoms with Gasteiger partial charge in [-0.05, 0) is 30.5 Å². The molecule has 0 aromatic heterocycles. The molecular formula is C16H26IN3OS. The van der Waals surface area contributed by atoms with Crippen molar-refractivity contribution in [2.45, 2.75) is 19.8 Å². The summed E-state index contributed by atoms with van der Waals surface area (Å²) < 4.78 is 5.65. The lowest BCUT2D eigenvalue weighted by Gasteiger charge is -2.27. The van der Waals surface area contributed by atoms with Gasteiger partial charge in [0.1, 0.15) is 5.75 Å². The monoisotopic (exact) mass is 435 g/mol. The van der Waals surface area contributed by atoms with Crippen LogP contribution in [0.15, 0.2) is 29.3 Å². The van der Waals surface area contributed by atoms with Crippen LogP contribution in [0, 0.1) is 0 Å². The van der Waals surface area contributed by atoms with E-state index in [-0.39, 0.29) is 24.0 Å². The maximum absolute atomic E-state index is 6.05. The number of guanidine groups is 1. The number of halogens is 1. The predicted octanol–water partition coefficient (Wildman–Crippen LogP) is 3.00. The Morgan fingerprint density at radius 2 is 2.14 bits per heavy atom. The molecule has 0 radical (unpaired) electrons. The van der Waals surface area contributed by atoms with Gasteiger partial charge in [-0.15, -0.1) is 24.0 Å². The van der Waals surface area contributed by atoms with Crippen LogP contribution >= 0.6 is 35.7 Å². The number of benzene rings is 1. The third-order valence-electron chi connectivity index (χ3n) is 3.38. The van der Waals surface area contributed by atoms with E-state index < -0.39 is 0 Å². The standard InChI is InChI=1S/C16H25N3OS.HI/c1-2-10-20-15-5-3-4-14(13-15)6-7-18-16(17)19-8-11-21-12-9-19;/h3-5,13H,2,6-12H2,1H3,(H2,17,18);1H. The molecule has 1 heterocycles. The highest BCUT2D eigenvalue weighted by Crippen LogP contribution is 2.14. The molecule has 1 aliphatic heterocycles. The van der Waals surface area contributed by atoms with Gasteiger partial charge in [0.2, 0.25) is 0 Å². The molecule has 0 unspecified atom stereocenters. The summed E-state index contributed by atoms with van der Waals surface area (Å²) in [6.07, 6.45) is 1.92. The number of thioether (sulfide) groups is 1. The van der Waals surface area contributed by atoms with Crippen molar-refractivity contribution >= 4 is 41.7 Å². The van der Waals surface area contributed by atoms with E-state index in [1.807, 2.05) is 23.9 Å². The minimum atomic E-state index is 0. The van der Waals surface area contributed by atoms with Crippen LogP contribution in [0.4, 0.5) is 0 Å². The van der Waals surface area contributed by atoms with Crippen LogP contribution in [0.5, 0.6) is 5.75 Å². The van der Waals surface area contributed by atoms with Gasteiger partial charge in [-0.2, -0.15) is 11.8 Å². The summed E-state index contributed by atoms with van der Waals surface area (Å²) in [7, 11) is 0. The van der Waals surface area contributed by atoms with Gasteiger partial charge in [0, 0.05) is 31.1 Å². The molecule has 1 saturated heterocycles. The normalized spacial score (nSPS) is 15.3. The topological polar surface area (TPSA) is 50.9 Å². The fraction of sp³-hybridized carbons (Fsp3) is 0.562. The summed E-state index contributed by atoms with van der Waals surface area (Å²) in [5, 5.41) is 0. The van der Waals surface area contributed by atoms with Gasteiger partial charge in [-0.25, -0.2) is 0 Å². The molecule has 22 heavy (non-hydrogen) atoms. The van der Waals surface area contributed by atoms with Crippen LogP contribution in [0.3, 0.4) is 0 Å². The van der Waals surface area contributed by atoms with E-state index in [2.05, 4.69) is 28.9 Å². The van der Waals surface area contributed by atoms with E-state index in [0.29, 0.717) is 5.96 Å². The third kappa shape index (κ3) is 6.64. The third-order valence-corrected chi connectivity index (χ3v) is 4.32. The fourth-order valence-electron chi connectivity index (χ4n) is 2.20. The molecule has 1 aromatic carbocycles. The Hall–Kier alpha value is -0.630. The van der Waals surface area contributed by atoms with Crippen LogP contribution in [-0.4, -0.2) is 48.6 Å². The first-order chi connectivity index (χ1) is 10.3. The Morgan fingerprint density at radius 3 is 2.86 bits per heavy atom. The summed E-state index contributed by atoms with van der Waals surface area (Å²) in [5.41, 5.74) is 7.29. The summed E-state index contributed by atoms with van der Waals surface area (Å²) >= 11 is 1.98. The van der Waals surface area contributed by atoms with E-state index >= 15 is 0 Å². The van der Waals surface area contributed by atoms with Crippen molar-refractivity contribution < 1.29 is 4.74 Å². The summed E-state index contributed by atoms with van der Waals surface area (Å²) in [5.74, 6) is 3.92. The molecular weight excluding hydrogens is 409 g/mol. The molecule has 0 saturated carbocycles. The first-order valence-corrected chi connectivity index (χ1v) is 8.79. The maximum atomic E-state index is 6.05. The highest BCUT2D eigenvalue weighted by Gasteiger charge is 2.11. The summed E-state index contributed by atoms with van der Waals surface area (Å²) in [6.45, 7) is 5.63. The summed E-state index contributed by atoms with van der Waals surface area (Å²) in [6, 6.07) is 8.25. The Balaban J connectivity index is 0.00000242. The largest absolute Gasteiger partial charge is 0.494 e. The van der Waals surface area contributed by atoms with Crippen LogP contribution in [0.1, 0.15) is 18.9 Å². The molecule has 0 bridgehead atoms. The molecule has 2 rings (SSSR count). The van der Waals surface area contributed by atoms with E-state index in [9.17, 15) is 0 Å². The van der Waals surface area contributed by atoms with Gasteiger partial charge in [0.25, 0.3) is 0 Å². The molecule has 6 heteroatoms. The average molecular weight is 435 g/mol. The lowest BCUT2D eigenvalue weighted by atomic mass is 10.1. The van der Waals surface area contributed by atoms with E-state index in [4.69, 9.17) is 10.5 Å². The van der Waals surface area contributed by atoms with Gasteiger partial charge >= 0.3 is 0 Å². The molecule has 124 valence electrons. The molecule has 4 nitrogen and oxygen atoms in total. The number of rotatable bonds is 6. The number of hydrogen-bond donors (Lipinski definition) is 1. The Bertz CT molecular complexity index is 464. The first-order valence-electron chi connectivity index (χ1n) is 7.64. The second-order valence-electron chi connectivity index (χ2n) is 5.09. The highest BCUT2D eigenvalue weighted by atomic mass is 127. The Morgan fingerprint density at radius 1 is 1.36 bits per heavy atom. The van der Waals surface area contributed by atoms with E-state index in [1.54, 1.807) is 0 Å². The SMILES string of the molecule is CCCOc1cccc(CCN=C(N)N2CCSCC2)c1.I. The molecule has 1 aromatic rings. The van der Waals surface area contributed by atoms with Gasteiger partial charge < -0.3 is 15.4 Å². The highest BCUT2D eigenvalue weighted by molar-refractivity contribution is 14.0.